The monoisotopic (exact) mass is 243 g/mol. The van der Waals surface area contributed by atoms with Crippen molar-refractivity contribution in [1.82, 2.24) is 19.9 Å². The zero-order valence-corrected chi connectivity index (χ0v) is 9.39. The first kappa shape index (κ1) is 10.6. The summed E-state index contributed by atoms with van der Waals surface area (Å²) in [6.07, 6.45) is 4.73. The number of fused-ring (bicyclic) bond motifs is 1. The van der Waals surface area contributed by atoms with Crippen LogP contribution >= 0.6 is 0 Å². The third-order valence-corrected chi connectivity index (χ3v) is 2.60. The van der Waals surface area contributed by atoms with Crippen LogP contribution in [0.15, 0.2) is 36.9 Å². The molecule has 6 heteroatoms. The molecule has 3 aromatic heterocycles. The van der Waals surface area contributed by atoms with Crippen LogP contribution in [0.4, 0.5) is 10.2 Å². The van der Waals surface area contributed by atoms with E-state index in [4.69, 9.17) is 0 Å². The fourth-order valence-electron chi connectivity index (χ4n) is 1.75. The quantitative estimate of drug-likeness (QED) is 0.691. The second-order valence-corrected chi connectivity index (χ2v) is 3.80. The van der Waals surface area contributed by atoms with Crippen LogP contribution in [0.25, 0.3) is 11.0 Å². The Balaban J connectivity index is 1.83. The molecule has 0 aliphatic heterocycles. The van der Waals surface area contributed by atoms with Gasteiger partial charge < -0.3 is 10.3 Å². The van der Waals surface area contributed by atoms with Crippen molar-refractivity contribution in [2.75, 3.05) is 5.32 Å². The summed E-state index contributed by atoms with van der Waals surface area (Å²) in [4.78, 5) is 14.8. The van der Waals surface area contributed by atoms with Crippen LogP contribution in [0, 0.1) is 5.95 Å². The summed E-state index contributed by atoms with van der Waals surface area (Å²) in [5, 5.41) is 4.06. The van der Waals surface area contributed by atoms with Gasteiger partial charge in [0.15, 0.2) is 0 Å². The topological polar surface area (TPSA) is 66.5 Å². The van der Waals surface area contributed by atoms with Gasteiger partial charge in [0.2, 0.25) is 5.95 Å². The first-order valence-corrected chi connectivity index (χ1v) is 5.45. The number of anilines is 1. The molecule has 5 nitrogen and oxygen atoms in total. The molecule has 0 fully saturated rings. The van der Waals surface area contributed by atoms with Crippen LogP contribution < -0.4 is 5.32 Å². The molecule has 0 aliphatic rings. The van der Waals surface area contributed by atoms with Crippen LogP contribution in [-0.2, 0) is 6.54 Å². The van der Waals surface area contributed by atoms with Crippen molar-refractivity contribution >= 4 is 16.9 Å². The Bertz CT molecular complexity index is 679. The largest absolute Gasteiger partial charge is 0.365 e. The molecule has 3 rings (SSSR count). The summed E-state index contributed by atoms with van der Waals surface area (Å²) in [6, 6.07) is 5.04. The van der Waals surface area contributed by atoms with Crippen LogP contribution in [0.3, 0.4) is 0 Å². The van der Waals surface area contributed by atoms with Crippen LogP contribution in [0.2, 0.25) is 0 Å². The lowest BCUT2D eigenvalue weighted by atomic mass is 10.2. The maximum Gasteiger partial charge on any atom is 0.213 e. The van der Waals surface area contributed by atoms with Gasteiger partial charge >= 0.3 is 0 Å². The first-order valence-electron chi connectivity index (χ1n) is 5.45. The number of hydrogen-bond donors (Lipinski definition) is 2. The number of pyridine rings is 1. The summed E-state index contributed by atoms with van der Waals surface area (Å²) in [6.45, 7) is 0.483. The van der Waals surface area contributed by atoms with E-state index in [9.17, 15) is 4.39 Å². The second-order valence-electron chi connectivity index (χ2n) is 3.80. The molecule has 90 valence electrons. The number of nitrogens with one attached hydrogen (secondary N) is 2. The van der Waals surface area contributed by atoms with E-state index >= 15 is 0 Å². The predicted molar refractivity (Wildman–Crippen MR) is 65.4 cm³/mol. The third kappa shape index (κ3) is 2.00. The minimum absolute atomic E-state index is 0.483. The molecule has 3 aromatic rings. The number of rotatable bonds is 3. The van der Waals surface area contributed by atoms with Crippen LogP contribution in [-0.4, -0.2) is 19.9 Å². The van der Waals surface area contributed by atoms with Gasteiger partial charge in [0.25, 0.3) is 0 Å². The zero-order valence-electron chi connectivity index (χ0n) is 9.39. The molecular weight excluding hydrogens is 233 g/mol. The molecule has 0 atom stereocenters. The van der Waals surface area contributed by atoms with Gasteiger partial charge in [0.05, 0.1) is 5.39 Å². The zero-order chi connectivity index (χ0) is 12.4. The maximum absolute atomic E-state index is 12.9. The van der Waals surface area contributed by atoms with Crippen molar-refractivity contribution in [1.29, 1.82) is 0 Å². The Morgan fingerprint density at radius 3 is 3.06 bits per heavy atom. The van der Waals surface area contributed by atoms with Gasteiger partial charge in [-0.1, -0.05) is 0 Å². The highest BCUT2D eigenvalue weighted by Gasteiger charge is 2.04. The van der Waals surface area contributed by atoms with Gasteiger partial charge in [0, 0.05) is 18.9 Å². The minimum atomic E-state index is -0.483. The van der Waals surface area contributed by atoms with Crippen LogP contribution in [0.1, 0.15) is 5.56 Å². The van der Waals surface area contributed by atoms with Crippen molar-refractivity contribution in [3.05, 3.63) is 48.4 Å². The van der Waals surface area contributed by atoms with Gasteiger partial charge in [0.1, 0.15) is 17.8 Å². The highest BCUT2D eigenvalue weighted by atomic mass is 19.1. The van der Waals surface area contributed by atoms with Crippen LogP contribution in [0.5, 0.6) is 0 Å². The molecule has 0 radical (unpaired) electrons. The molecule has 0 spiro atoms. The average Bonchev–Trinajstić information content (AvgIpc) is 2.85. The lowest BCUT2D eigenvalue weighted by molar-refractivity contribution is 0.581. The Kier molecular flexibility index (Phi) is 2.60. The number of H-pyrrole nitrogens is 1. The van der Waals surface area contributed by atoms with E-state index in [0.29, 0.717) is 6.54 Å². The van der Waals surface area contributed by atoms with Gasteiger partial charge in [-0.3, -0.25) is 0 Å². The SMILES string of the molecule is Fc1cc(CNc2ncnc3[nH]ccc23)ccn1. The summed E-state index contributed by atoms with van der Waals surface area (Å²) >= 11 is 0. The smallest absolute Gasteiger partial charge is 0.213 e. The Hall–Kier alpha value is -2.50. The molecule has 0 saturated carbocycles. The van der Waals surface area contributed by atoms with E-state index in [1.807, 2.05) is 6.07 Å². The van der Waals surface area contributed by atoms with E-state index < -0.39 is 5.95 Å². The number of hydrogen-bond acceptors (Lipinski definition) is 4. The average molecular weight is 243 g/mol. The van der Waals surface area contributed by atoms with Crippen molar-refractivity contribution in [3.63, 3.8) is 0 Å². The van der Waals surface area contributed by atoms with Crippen molar-refractivity contribution in [2.45, 2.75) is 6.54 Å². The fourth-order valence-corrected chi connectivity index (χ4v) is 1.75. The Morgan fingerprint density at radius 2 is 2.17 bits per heavy atom. The van der Waals surface area contributed by atoms with Crippen molar-refractivity contribution in [2.24, 2.45) is 0 Å². The summed E-state index contributed by atoms with van der Waals surface area (Å²) in [5.74, 6) is 0.238. The standard InChI is InChI=1S/C12H10FN5/c13-10-5-8(1-3-14-10)6-16-12-9-2-4-15-11(9)17-7-18-12/h1-5,7H,6H2,(H2,15,16,17,18). The molecule has 0 amide bonds. The van der Waals surface area contributed by atoms with Gasteiger partial charge in [-0.25, -0.2) is 15.0 Å². The molecule has 0 aromatic carbocycles. The van der Waals surface area contributed by atoms with E-state index in [1.165, 1.54) is 18.6 Å². The minimum Gasteiger partial charge on any atom is -0.365 e. The fraction of sp³-hybridized carbons (Fsp3) is 0.0833. The second kappa shape index (κ2) is 4.40. The number of nitrogens with zero attached hydrogens (tertiary/aromatic N) is 3. The molecule has 0 bridgehead atoms. The molecule has 3 heterocycles. The Morgan fingerprint density at radius 1 is 1.22 bits per heavy atom. The van der Waals surface area contributed by atoms with Crippen molar-refractivity contribution in [3.8, 4) is 0 Å². The van der Waals surface area contributed by atoms with E-state index in [2.05, 4.69) is 25.3 Å². The van der Waals surface area contributed by atoms with Gasteiger partial charge in [-0.15, -0.1) is 0 Å². The van der Waals surface area contributed by atoms with Gasteiger partial charge in [-0.05, 0) is 23.8 Å². The molecule has 0 aliphatic carbocycles. The maximum atomic E-state index is 12.9. The highest BCUT2D eigenvalue weighted by Crippen LogP contribution is 2.18. The lowest BCUT2D eigenvalue weighted by Gasteiger charge is -2.06. The highest BCUT2D eigenvalue weighted by molar-refractivity contribution is 5.86. The number of aromatic nitrogens is 4. The first-order chi connectivity index (χ1) is 8.83. The number of aromatic amines is 1. The lowest BCUT2D eigenvalue weighted by Crippen LogP contribution is -2.02. The molecular formula is C12H10FN5. The number of halogens is 1. The van der Waals surface area contributed by atoms with Crippen molar-refractivity contribution < 1.29 is 4.39 Å². The predicted octanol–water partition coefficient (Wildman–Crippen LogP) is 2.10. The Labute approximate surface area is 102 Å². The molecule has 0 unspecified atom stereocenters. The van der Waals surface area contributed by atoms with E-state index in [1.54, 1.807) is 12.3 Å². The molecule has 18 heavy (non-hydrogen) atoms. The molecule has 2 N–H and O–H groups in total. The van der Waals surface area contributed by atoms with E-state index in [-0.39, 0.29) is 0 Å². The molecule has 0 saturated heterocycles. The third-order valence-electron chi connectivity index (χ3n) is 2.60. The normalized spacial score (nSPS) is 10.7. The van der Waals surface area contributed by atoms with E-state index in [0.717, 1.165) is 22.4 Å². The summed E-state index contributed by atoms with van der Waals surface area (Å²) in [5.41, 5.74) is 1.58. The summed E-state index contributed by atoms with van der Waals surface area (Å²) < 4.78 is 12.9. The van der Waals surface area contributed by atoms with Gasteiger partial charge in [-0.2, -0.15) is 4.39 Å². The summed E-state index contributed by atoms with van der Waals surface area (Å²) in [7, 11) is 0.